The Morgan fingerprint density at radius 2 is 1.88 bits per heavy atom. The number of benzene rings is 1. The van der Waals surface area contributed by atoms with E-state index in [-0.39, 0.29) is 0 Å². The van der Waals surface area contributed by atoms with Gasteiger partial charge in [0.1, 0.15) is 17.5 Å². The summed E-state index contributed by atoms with van der Waals surface area (Å²) in [6.45, 7) is 1.19. The zero-order valence-electron chi connectivity index (χ0n) is 12.5. The number of hydrogen-bond acceptors (Lipinski definition) is 6. The van der Waals surface area contributed by atoms with Gasteiger partial charge in [0.15, 0.2) is 11.5 Å². The molecule has 0 saturated carbocycles. The van der Waals surface area contributed by atoms with Crippen molar-refractivity contribution in [3.05, 3.63) is 58.8 Å². The fourth-order valence-electron chi connectivity index (χ4n) is 2.45. The molecule has 3 aromatic heterocycles. The number of fused-ring (bicyclic) bond motifs is 1. The second-order valence-corrected chi connectivity index (χ2v) is 6.25. The van der Waals surface area contributed by atoms with Gasteiger partial charge in [-0.3, -0.25) is 0 Å². The molecule has 24 heavy (non-hydrogen) atoms. The lowest BCUT2D eigenvalue weighted by Gasteiger charge is -2.01. The van der Waals surface area contributed by atoms with Gasteiger partial charge in [0, 0.05) is 4.47 Å². The molecule has 120 valence electrons. The van der Waals surface area contributed by atoms with Crippen molar-refractivity contribution in [3.8, 4) is 0 Å². The Balaban J connectivity index is 1.54. The van der Waals surface area contributed by atoms with Gasteiger partial charge >= 0.3 is 0 Å². The van der Waals surface area contributed by atoms with Gasteiger partial charge in [-0.15, -0.1) is 5.10 Å². The highest BCUT2D eigenvalue weighted by atomic mass is 79.9. The van der Waals surface area contributed by atoms with Gasteiger partial charge in [-0.1, -0.05) is 33.3 Å². The highest BCUT2D eigenvalue weighted by molar-refractivity contribution is 9.10. The van der Waals surface area contributed by atoms with Crippen LogP contribution >= 0.6 is 15.9 Å². The summed E-state index contributed by atoms with van der Waals surface area (Å²) in [5, 5.41) is 8.39. The summed E-state index contributed by atoms with van der Waals surface area (Å²) in [6, 6.07) is 8.12. The molecule has 4 aromatic rings. The second kappa shape index (κ2) is 6.00. The van der Waals surface area contributed by atoms with Gasteiger partial charge < -0.3 is 10.3 Å². The lowest BCUT2D eigenvalue weighted by molar-refractivity contribution is 0.648. The van der Waals surface area contributed by atoms with Crippen LogP contribution < -0.4 is 5.73 Å². The molecule has 0 aliphatic heterocycles. The van der Waals surface area contributed by atoms with E-state index in [0.717, 1.165) is 15.7 Å². The summed E-state index contributed by atoms with van der Waals surface area (Å²) in [7, 11) is 0. The number of imidazole rings is 1. The van der Waals surface area contributed by atoms with Crippen molar-refractivity contribution >= 4 is 32.9 Å². The fourth-order valence-corrected chi connectivity index (χ4v) is 2.72. The van der Waals surface area contributed by atoms with Crippen LogP contribution in [0.5, 0.6) is 0 Å². The molecule has 0 fully saturated rings. The third-order valence-corrected chi connectivity index (χ3v) is 4.13. The number of aromatic nitrogens is 7. The van der Waals surface area contributed by atoms with Crippen LogP contribution in [0.4, 0.5) is 5.82 Å². The summed E-state index contributed by atoms with van der Waals surface area (Å²) in [5.41, 5.74) is 9.06. The molecule has 0 radical (unpaired) electrons. The number of anilines is 1. The number of hydrogen-bond donors (Lipinski definition) is 1. The van der Waals surface area contributed by atoms with Crippen LogP contribution in [-0.4, -0.2) is 34.5 Å². The Kier molecular flexibility index (Phi) is 3.69. The van der Waals surface area contributed by atoms with Crippen molar-refractivity contribution in [1.29, 1.82) is 0 Å². The Morgan fingerprint density at radius 1 is 1.04 bits per heavy atom. The van der Waals surface area contributed by atoms with Gasteiger partial charge in [0.25, 0.3) is 0 Å². The molecule has 0 atom stereocenters. The largest absolute Gasteiger partial charge is 0.382 e. The third kappa shape index (κ3) is 2.85. The molecule has 0 aliphatic carbocycles. The molecule has 1 aromatic carbocycles. The first-order valence-electron chi connectivity index (χ1n) is 7.24. The van der Waals surface area contributed by atoms with Crippen molar-refractivity contribution in [2.45, 2.75) is 13.1 Å². The zero-order chi connectivity index (χ0) is 16.5. The van der Waals surface area contributed by atoms with E-state index in [2.05, 4.69) is 53.3 Å². The van der Waals surface area contributed by atoms with E-state index in [1.165, 1.54) is 6.33 Å². The standard InChI is InChI=1S/C15H13BrN8/c16-11-3-1-10(2-4-11)5-24-7-12(21-22-24)6-23-9-20-13-14(17)18-8-19-15(13)23/h1-4,7-9H,5-6H2,(H2,17,18,19). The van der Waals surface area contributed by atoms with E-state index in [9.17, 15) is 0 Å². The summed E-state index contributed by atoms with van der Waals surface area (Å²) < 4.78 is 4.74. The molecule has 0 bridgehead atoms. The Bertz CT molecular complexity index is 988. The van der Waals surface area contributed by atoms with E-state index >= 15 is 0 Å². The van der Waals surface area contributed by atoms with Crippen LogP contribution in [0.25, 0.3) is 11.2 Å². The normalized spacial score (nSPS) is 11.2. The Labute approximate surface area is 145 Å². The average molecular weight is 385 g/mol. The minimum Gasteiger partial charge on any atom is -0.382 e. The van der Waals surface area contributed by atoms with Crippen molar-refractivity contribution in [2.24, 2.45) is 0 Å². The van der Waals surface area contributed by atoms with Gasteiger partial charge in [-0.2, -0.15) is 0 Å². The van der Waals surface area contributed by atoms with Crippen LogP contribution in [0.3, 0.4) is 0 Å². The van der Waals surface area contributed by atoms with Gasteiger partial charge in [-0.25, -0.2) is 19.6 Å². The number of nitrogens with two attached hydrogens (primary N) is 1. The molecule has 0 unspecified atom stereocenters. The fraction of sp³-hybridized carbons (Fsp3) is 0.133. The van der Waals surface area contributed by atoms with Crippen molar-refractivity contribution in [1.82, 2.24) is 34.5 Å². The molecule has 0 spiro atoms. The minimum absolute atomic E-state index is 0.373. The predicted octanol–water partition coefficient (Wildman–Crippen LogP) is 1.86. The molecule has 9 heteroatoms. The molecule has 3 heterocycles. The maximum absolute atomic E-state index is 5.80. The van der Waals surface area contributed by atoms with Crippen LogP contribution in [-0.2, 0) is 13.1 Å². The summed E-state index contributed by atoms with van der Waals surface area (Å²) in [6.07, 6.45) is 5.03. The molecule has 0 saturated heterocycles. The molecule has 2 N–H and O–H groups in total. The Morgan fingerprint density at radius 3 is 2.71 bits per heavy atom. The van der Waals surface area contributed by atoms with Crippen LogP contribution in [0, 0.1) is 0 Å². The Hall–Kier alpha value is -2.81. The topological polar surface area (TPSA) is 100 Å². The number of nitrogens with zero attached hydrogens (tertiary/aromatic N) is 7. The van der Waals surface area contributed by atoms with Crippen molar-refractivity contribution in [2.75, 3.05) is 5.73 Å². The summed E-state index contributed by atoms with van der Waals surface area (Å²) >= 11 is 3.43. The first kappa shape index (κ1) is 14.8. The second-order valence-electron chi connectivity index (χ2n) is 5.34. The van der Waals surface area contributed by atoms with Gasteiger partial charge in [-0.05, 0) is 17.7 Å². The smallest absolute Gasteiger partial charge is 0.165 e. The molecular formula is C15H13BrN8. The predicted molar refractivity (Wildman–Crippen MR) is 92.1 cm³/mol. The molecule has 0 amide bonds. The van der Waals surface area contributed by atoms with E-state index in [1.54, 1.807) is 11.0 Å². The van der Waals surface area contributed by atoms with Crippen LogP contribution in [0.1, 0.15) is 11.3 Å². The highest BCUT2D eigenvalue weighted by Crippen LogP contribution is 2.15. The van der Waals surface area contributed by atoms with Gasteiger partial charge in [0.05, 0.1) is 25.6 Å². The first-order valence-corrected chi connectivity index (χ1v) is 8.03. The minimum atomic E-state index is 0.373. The van der Waals surface area contributed by atoms with Crippen molar-refractivity contribution < 1.29 is 0 Å². The maximum atomic E-state index is 5.80. The van der Waals surface area contributed by atoms with Crippen LogP contribution in [0.15, 0.2) is 47.6 Å². The highest BCUT2D eigenvalue weighted by Gasteiger charge is 2.10. The van der Waals surface area contributed by atoms with Gasteiger partial charge in [0.2, 0.25) is 0 Å². The van der Waals surface area contributed by atoms with Crippen molar-refractivity contribution in [3.63, 3.8) is 0 Å². The SMILES string of the molecule is Nc1ncnc2c1ncn2Cc1cn(Cc2ccc(Br)cc2)nn1. The van der Waals surface area contributed by atoms with E-state index in [0.29, 0.717) is 30.1 Å². The quantitative estimate of drug-likeness (QED) is 0.576. The molecule has 0 aliphatic rings. The van der Waals surface area contributed by atoms with E-state index < -0.39 is 0 Å². The zero-order valence-corrected chi connectivity index (χ0v) is 14.1. The molecule has 4 rings (SSSR count). The van der Waals surface area contributed by atoms with E-state index in [1.807, 2.05) is 22.9 Å². The summed E-state index contributed by atoms with van der Waals surface area (Å²) in [4.78, 5) is 12.4. The lowest BCUT2D eigenvalue weighted by atomic mass is 10.2. The van der Waals surface area contributed by atoms with E-state index in [4.69, 9.17) is 5.73 Å². The summed E-state index contributed by atoms with van der Waals surface area (Å²) in [5.74, 6) is 0.373. The monoisotopic (exact) mass is 384 g/mol. The molecular weight excluding hydrogens is 372 g/mol. The maximum Gasteiger partial charge on any atom is 0.165 e. The number of rotatable bonds is 4. The first-order chi connectivity index (χ1) is 11.7. The lowest BCUT2D eigenvalue weighted by Crippen LogP contribution is -2.01. The third-order valence-electron chi connectivity index (χ3n) is 3.61. The average Bonchev–Trinajstić information content (AvgIpc) is 3.19. The van der Waals surface area contributed by atoms with Crippen LogP contribution in [0.2, 0.25) is 0 Å². The number of halogens is 1. The number of nitrogen functional groups attached to an aromatic ring is 1. The molecule has 8 nitrogen and oxygen atoms in total.